The van der Waals surface area contributed by atoms with Crippen molar-refractivity contribution >= 4 is 41.1 Å². The van der Waals surface area contributed by atoms with Crippen LogP contribution in [0.2, 0.25) is 5.02 Å². The number of anilines is 1. The lowest BCUT2D eigenvalue weighted by atomic mass is 9.93. The minimum absolute atomic E-state index is 0.00556. The smallest absolute Gasteiger partial charge is 0.415 e. The number of non-ortho nitro benzene ring substituents is 1. The number of rotatable bonds is 7. The number of halogens is 2. The predicted molar refractivity (Wildman–Crippen MR) is 142 cm³/mol. The molecule has 0 saturated carbocycles. The number of nitro groups is 1. The number of nitrogens with zero attached hydrogens (tertiary/aromatic N) is 2. The van der Waals surface area contributed by atoms with Gasteiger partial charge in [0.2, 0.25) is 5.91 Å². The Labute approximate surface area is 233 Å². The zero-order valence-electron chi connectivity index (χ0n) is 20.9. The number of hydrogen-bond acceptors (Lipinski definition) is 7. The summed E-state index contributed by atoms with van der Waals surface area (Å²) in [5.41, 5.74) is 0.776. The van der Waals surface area contributed by atoms with Gasteiger partial charge in [-0.25, -0.2) is 14.0 Å². The molecule has 3 amide bonds. The van der Waals surface area contributed by atoms with Crippen LogP contribution >= 0.6 is 11.6 Å². The van der Waals surface area contributed by atoms with Gasteiger partial charge in [0.1, 0.15) is 18.2 Å². The van der Waals surface area contributed by atoms with Crippen molar-refractivity contribution in [2.75, 3.05) is 18.4 Å². The van der Waals surface area contributed by atoms with Crippen molar-refractivity contribution in [2.24, 2.45) is 5.92 Å². The first-order chi connectivity index (χ1) is 19.2. The highest BCUT2D eigenvalue weighted by molar-refractivity contribution is 6.30. The van der Waals surface area contributed by atoms with Gasteiger partial charge in [-0.1, -0.05) is 41.9 Å². The van der Waals surface area contributed by atoms with Crippen LogP contribution in [-0.4, -0.2) is 47.0 Å². The van der Waals surface area contributed by atoms with E-state index in [-0.39, 0.29) is 48.3 Å². The van der Waals surface area contributed by atoms with Gasteiger partial charge in [-0.2, -0.15) is 0 Å². The van der Waals surface area contributed by atoms with Gasteiger partial charge in [-0.3, -0.25) is 14.9 Å². The van der Waals surface area contributed by atoms with E-state index < -0.39 is 40.8 Å². The number of benzene rings is 3. The summed E-state index contributed by atoms with van der Waals surface area (Å²) in [6.45, 7) is -0.0338. The lowest BCUT2D eigenvalue weighted by molar-refractivity contribution is -0.384. The number of carbonyl (C=O) groups is 3. The maximum absolute atomic E-state index is 13.9. The van der Waals surface area contributed by atoms with E-state index in [0.717, 1.165) is 11.6 Å². The molecule has 13 heteroatoms. The number of ether oxygens (including phenoxy) is 2. The molecule has 0 spiro atoms. The molecule has 1 fully saturated rings. The lowest BCUT2D eigenvalue weighted by Crippen LogP contribution is -2.55. The Morgan fingerprint density at radius 1 is 1.05 bits per heavy atom. The fourth-order valence-corrected chi connectivity index (χ4v) is 4.21. The van der Waals surface area contributed by atoms with Crippen molar-refractivity contribution in [3.05, 3.63) is 99.3 Å². The molecule has 3 aromatic carbocycles. The number of nitrogens with one attached hydrogen (secondary N) is 2. The molecule has 2 N–H and O–H groups in total. The molecule has 11 nitrogen and oxygen atoms in total. The second-order valence-electron chi connectivity index (χ2n) is 8.98. The Hall–Kier alpha value is -4.71. The standard InChI is InChI=1S/C27H24ClFN4O7/c28-23-11-6-19(13-24(23)29)30-25(34)18-12-20(31-26(35)39-16-17-4-2-1-3-5-17)15-32(14-18)27(36)40-22-9-7-21(8-10-22)33(37)38/h1-11,13,18,20H,12,14-16H2,(H,30,34)(H,31,35)/t18-,20+/m0/s1. The first kappa shape index (κ1) is 28.3. The third kappa shape index (κ3) is 7.67. The molecular weight excluding hydrogens is 547 g/mol. The Morgan fingerprint density at radius 2 is 1.77 bits per heavy atom. The number of amides is 3. The average Bonchev–Trinajstić information content (AvgIpc) is 2.94. The quantitative estimate of drug-likeness (QED) is 0.296. The van der Waals surface area contributed by atoms with Crippen molar-refractivity contribution in [3.8, 4) is 5.75 Å². The zero-order valence-corrected chi connectivity index (χ0v) is 21.7. The first-order valence-corrected chi connectivity index (χ1v) is 12.5. The zero-order chi connectivity index (χ0) is 28.6. The average molecular weight is 571 g/mol. The molecule has 40 heavy (non-hydrogen) atoms. The van der Waals surface area contributed by atoms with Crippen LogP contribution in [0.25, 0.3) is 0 Å². The van der Waals surface area contributed by atoms with Gasteiger partial charge in [-0.05, 0) is 42.3 Å². The highest BCUT2D eigenvalue weighted by Crippen LogP contribution is 2.24. The van der Waals surface area contributed by atoms with Gasteiger partial charge in [0.25, 0.3) is 5.69 Å². The molecule has 0 unspecified atom stereocenters. The van der Waals surface area contributed by atoms with E-state index in [1.807, 2.05) is 18.2 Å². The summed E-state index contributed by atoms with van der Waals surface area (Å²) in [5.74, 6) is -1.97. The monoisotopic (exact) mass is 570 g/mol. The summed E-state index contributed by atoms with van der Waals surface area (Å²) in [5, 5.41) is 16.1. The number of nitro benzene ring substituents is 1. The van der Waals surface area contributed by atoms with Gasteiger partial charge in [-0.15, -0.1) is 0 Å². The van der Waals surface area contributed by atoms with Crippen LogP contribution in [0, 0.1) is 21.8 Å². The first-order valence-electron chi connectivity index (χ1n) is 12.1. The van der Waals surface area contributed by atoms with Crippen molar-refractivity contribution in [1.29, 1.82) is 0 Å². The molecule has 1 aliphatic heterocycles. The summed E-state index contributed by atoms with van der Waals surface area (Å²) in [4.78, 5) is 50.1. The van der Waals surface area contributed by atoms with Crippen LogP contribution < -0.4 is 15.4 Å². The normalized spacial score (nSPS) is 16.5. The number of hydrogen-bond donors (Lipinski definition) is 2. The molecule has 1 aliphatic rings. The molecule has 4 rings (SSSR count). The van der Waals surface area contributed by atoms with E-state index in [2.05, 4.69) is 10.6 Å². The molecule has 0 aliphatic carbocycles. The fraction of sp³-hybridized carbons (Fsp3) is 0.222. The topological polar surface area (TPSA) is 140 Å². The van der Waals surface area contributed by atoms with Crippen LogP contribution in [0.15, 0.2) is 72.8 Å². The molecule has 208 valence electrons. The highest BCUT2D eigenvalue weighted by atomic mass is 35.5. The Balaban J connectivity index is 1.45. The van der Waals surface area contributed by atoms with Crippen LogP contribution in [0.1, 0.15) is 12.0 Å². The minimum atomic E-state index is -0.826. The van der Waals surface area contributed by atoms with Crippen molar-refractivity contribution in [3.63, 3.8) is 0 Å². The maximum atomic E-state index is 13.9. The van der Waals surface area contributed by atoms with Gasteiger partial charge in [0.05, 0.1) is 21.9 Å². The number of alkyl carbamates (subject to hydrolysis) is 1. The van der Waals surface area contributed by atoms with Crippen LogP contribution in [0.4, 0.5) is 25.4 Å². The van der Waals surface area contributed by atoms with Crippen LogP contribution in [-0.2, 0) is 16.1 Å². The maximum Gasteiger partial charge on any atom is 0.415 e. The van der Waals surface area contributed by atoms with E-state index in [4.69, 9.17) is 21.1 Å². The summed E-state index contributed by atoms with van der Waals surface area (Å²) < 4.78 is 24.5. The van der Waals surface area contributed by atoms with E-state index in [1.165, 1.54) is 41.3 Å². The van der Waals surface area contributed by atoms with Gasteiger partial charge in [0, 0.05) is 30.9 Å². The molecule has 1 heterocycles. The highest BCUT2D eigenvalue weighted by Gasteiger charge is 2.36. The minimum Gasteiger partial charge on any atom is -0.445 e. The van der Waals surface area contributed by atoms with Crippen LogP contribution in [0.5, 0.6) is 5.75 Å². The van der Waals surface area contributed by atoms with E-state index in [9.17, 15) is 28.9 Å². The second kappa shape index (κ2) is 12.9. The Morgan fingerprint density at radius 3 is 2.45 bits per heavy atom. The number of piperidine rings is 1. The number of carbonyl (C=O) groups excluding carboxylic acids is 3. The Bertz CT molecular complexity index is 1390. The predicted octanol–water partition coefficient (Wildman–Crippen LogP) is 5.14. The van der Waals surface area contributed by atoms with Gasteiger partial charge >= 0.3 is 12.2 Å². The third-order valence-corrected chi connectivity index (χ3v) is 6.36. The fourth-order valence-electron chi connectivity index (χ4n) is 4.09. The van der Waals surface area contributed by atoms with Gasteiger partial charge < -0.3 is 25.0 Å². The van der Waals surface area contributed by atoms with Crippen LogP contribution in [0.3, 0.4) is 0 Å². The SMILES string of the molecule is O=C(N[C@@H]1C[C@H](C(=O)Nc2ccc(Cl)c(F)c2)CN(C(=O)Oc2ccc([N+](=O)[O-])cc2)C1)OCc1ccccc1. The van der Waals surface area contributed by atoms with E-state index >= 15 is 0 Å². The molecule has 0 aromatic heterocycles. The van der Waals surface area contributed by atoms with Gasteiger partial charge in [0.15, 0.2) is 0 Å². The number of likely N-dealkylation sites (tertiary alicyclic amines) is 1. The van der Waals surface area contributed by atoms with E-state index in [0.29, 0.717) is 0 Å². The summed E-state index contributed by atoms with van der Waals surface area (Å²) in [7, 11) is 0. The molecule has 2 atom stereocenters. The third-order valence-electron chi connectivity index (χ3n) is 6.05. The molecule has 0 radical (unpaired) electrons. The summed E-state index contributed by atoms with van der Waals surface area (Å²) in [6, 6.07) is 17.1. The largest absolute Gasteiger partial charge is 0.445 e. The summed E-state index contributed by atoms with van der Waals surface area (Å²) in [6.07, 6.45) is -1.41. The van der Waals surface area contributed by atoms with Crippen molar-refractivity contribution in [2.45, 2.75) is 19.1 Å². The molecule has 3 aromatic rings. The lowest BCUT2D eigenvalue weighted by Gasteiger charge is -2.36. The summed E-state index contributed by atoms with van der Waals surface area (Å²) >= 11 is 5.71. The van der Waals surface area contributed by atoms with Crippen molar-refractivity contribution in [1.82, 2.24) is 10.2 Å². The molecule has 0 bridgehead atoms. The second-order valence-corrected chi connectivity index (χ2v) is 9.38. The molecule has 1 saturated heterocycles. The van der Waals surface area contributed by atoms with Crippen molar-refractivity contribution < 1.29 is 33.2 Å². The Kier molecular flexibility index (Phi) is 9.12. The molecular formula is C27H24ClFN4O7. The van der Waals surface area contributed by atoms with E-state index in [1.54, 1.807) is 12.1 Å².